The Morgan fingerprint density at radius 3 is 2.46 bits per heavy atom. The lowest BCUT2D eigenvalue weighted by molar-refractivity contribution is -0.118. The monoisotopic (exact) mass is 378 g/mol. The maximum Gasteiger partial charge on any atom is 0.262 e. The van der Waals surface area contributed by atoms with E-state index in [1.165, 1.54) is 29.5 Å². The average Bonchev–Trinajstić information content (AvgIpc) is 3.04. The maximum atomic E-state index is 14.3. The number of carbonyl (C=O) groups excluding carboxylic acids is 2. The number of carbonyl (C=O) groups is 2. The minimum Gasteiger partial charge on any atom is -0.325 e. The molecule has 0 aliphatic heterocycles. The minimum atomic E-state index is -0.714. The van der Waals surface area contributed by atoms with E-state index in [0.29, 0.717) is 5.13 Å². The van der Waals surface area contributed by atoms with E-state index in [0.717, 1.165) is 17.8 Å². The predicted octanol–water partition coefficient (Wildman–Crippen LogP) is 4.43. The minimum absolute atomic E-state index is 0.130. The Labute approximate surface area is 156 Å². The van der Waals surface area contributed by atoms with E-state index in [1.807, 2.05) is 0 Å². The average molecular weight is 378 g/mol. The van der Waals surface area contributed by atoms with Crippen LogP contribution in [-0.2, 0) is 4.79 Å². The molecule has 2 aromatic rings. The highest BCUT2D eigenvalue weighted by Crippen LogP contribution is 2.29. The van der Waals surface area contributed by atoms with Crippen LogP contribution < -0.4 is 10.6 Å². The third-order valence-electron chi connectivity index (χ3n) is 4.02. The van der Waals surface area contributed by atoms with Gasteiger partial charge in [0, 0.05) is 11.8 Å². The molecule has 0 aliphatic rings. The van der Waals surface area contributed by atoms with Crippen molar-refractivity contribution in [3.05, 3.63) is 34.6 Å². The third-order valence-corrected chi connectivity index (χ3v) is 5.02. The number of rotatable bonds is 7. The number of nitrogens with one attached hydrogen (secondary N) is 2. The van der Waals surface area contributed by atoms with Crippen molar-refractivity contribution in [2.45, 2.75) is 46.5 Å². The second-order valence-electron chi connectivity index (χ2n) is 6.22. The molecule has 0 bridgehead atoms. The van der Waals surface area contributed by atoms with Crippen LogP contribution in [0.2, 0.25) is 0 Å². The lowest BCUT2D eigenvalue weighted by atomic mass is 10.1. The van der Waals surface area contributed by atoms with Gasteiger partial charge in [-0.25, -0.2) is 4.39 Å². The number of amides is 2. The molecule has 0 atom stereocenters. The normalized spacial score (nSPS) is 11.0. The second-order valence-corrected chi connectivity index (χ2v) is 7.23. The Kier molecular flexibility index (Phi) is 6.79. The lowest BCUT2D eigenvalue weighted by Gasteiger charge is -2.12. The fraction of sp³-hybridized carbons (Fsp3) is 0.444. The van der Waals surface area contributed by atoms with Crippen molar-refractivity contribution in [2.75, 3.05) is 10.6 Å². The molecule has 6 nitrogen and oxygen atoms in total. The van der Waals surface area contributed by atoms with Crippen LogP contribution in [0.1, 0.15) is 61.8 Å². The summed E-state index contributed by atoms with van der Waals surface area (Å²) in [4.78, 5) is 24.5. The fourth-order valence-corrected chi connectivity index (χ4v) is 3.39. The zero-order valence-electron chi connectivity index (χ0n) is 15.3. The second kappa shape index (κ2) is 8.84. The van der Waals surface area contributed by atoms with Gasteiger partial charge < -0.3 is 5.32 Å². The summed E-state index contributed by atoms with van der Waals surface area (Å²) in [6.07, 6.45) is 1.86. The van der Waals surface area contributed by atoms with Gasteiger partial charge in [0.2, 0.25) is 11.0 Å². The highest BCUT2D eigenvalue weighted by atomic mass is 32.1. The molecular formula is C18H23FN4O2S. The van der Waals surface area contributed by atoms with Crippen LogP contribution in [0.25, 0.3) is 0 Å². The smallest absolute Gasteiger partial charge is 0.262 e. The summed E-state index contributed by atoms with van der Waals surface area (Å²) < 4.78 is 14.3. The first-order valence-electron chi connectivity index (χ1n) is 8.61. The SMILES string of the molecule is CCC(CC)c1nnc(NC(=O)c2c(F)cccc2NC(=O)C(C)C)s1. The van der Waals surface area contributed by atoms with Crippen LogP contribution in [0.3, 0.4) is 0 Å². The summed E-state index contributed by atoms with van der Waals surface area (Å²) in [7, 11) is 0. The lowest BCUT2D eigenvalue weighted by Crippen LogP contribution is -2.22. The summed E-state index contributed by atoms with van der Waals surface area (Å²) in [5, 5.41) is 14.4. The van der Waals surface area contributed by atoms with Crippen molar-refractivity contribution in [1.29, 1.82) is 0 Å². The van der Waals surface area contributed by atoms with Gasteiger partial charge in [-0.05, 0) is 25.0 Å². The molecule has 0 saturated heterocycles. The van der Waals surface area contributed by atoms with Gasteiger partial charge in [-0.3, -0.25) is 14.9 Å². The molecule has 26 heavy (non-hydrogen) atoms. The number of nitrogens with zero attached hydrogens (tertiary/aromatic N) is 2. The Bertz CT molecular complexity index is 787. The summed E-state index contributed by atoms with van der Waals surface area (Å²) in [5.41, 5.74) is -0.0910. The number of aromatic nitrogens is 2. The number of hydrogen-bond acceptors (Lipinski definition) is 5. The highest BCUT2D eigenvalue weighted by molar-refractivity contribution is 7.15. The molecule has 0 fully saturated rings. The molecule has 0 aliphatic carbocycles. The number of anilines is 2. The van der Waals surface area contributed by atoms with Crippen molar-refractivity contribution in [3.63, 3.8) is 0 Å². The van der Waals surface area contributed by atoms with Crippen LogP contribution in [0.4, 0.5) is 15.2 Å². The van der Waals surface area contributed by atoms with Gasteiger partial charge >= 0.3 is 0 Å². The van der Waals surface area contributed by atoms with E-state index in [2.05, 4.69) is 34.7 Å². The van der Waals surface area contributed by atoms with Crippen molar-refractivity contribution in [2.24, 2.45) is 5.92 Å². The van der Waals surface area contributed by atoms with Crippen LogP contribution >= 0.6 is 11.3 Å². The van der Waals surface area contributed by atoms with Gasteiger partial charge in [0.25, 0.3) is 5.91 Å². The third kappa shape index (κ3) is 4.63. The quantitative estimate of drug-likeness (QED) is 0.747. The van der Waals surface area contributed by atoms with Crippen LogP contribution in [0, 0.1) is 11.7 Å². The Morgan fingerprint density at radius 1 is 1.15 bits per heavy atom. The molecule has 1 aromatic carbocycles. The van der Waals surface area contributed by atoms with E-state index in [1.54, 1.807) is 13.8 Å². The molecule has 0 saturated carbocycles. The van der Waals surface area contributed by atoms with Crippen molar-refractivity contribution in [1.82, 2.24) is 10.2 Å². The topological polar surface area (TPSA) is 84.0 Å². The highest BCUT2D eigenvalue weighted by Gasteiger charge is 2.21. The van der Waals surface area contributed by atoms with Crippen molar-refractivity contribution in [3.8, 4) is 0 Å². The molecule has 0 spiro atoms. The molecule has 0 radical (unpaired) electrons. The Balaban J connectivity index is 2.23. The summed E-state index contributed by atoms with van der Waals surface area (Å²) >= 11 is 1.28. The molecular weight excluding hydrogens is 355 g/mol. The summed E-state index contributed by atoms with van der Waals surface area (Å²) in [6.45, 7) is 7.57. The van der Waals surface area contributed by atoms with Gasteiger partial charge in [0.1, 0.15) is 10.8 Å². The molecule has 2 rings (SSSR count). The molecule has 0 unspecified atom stereocenters. The standard InChI is InChI=1S/C18H23FN4O2S/c1-5-11(6-2)17-22-23-18(26-17)21-16(25)14-12(19)8-7-9-13(14)20-15(24)10(3)4/h7-11H,5-6H2,1-4H3,(H,20,24)(H,21,23,25). The van der Waals surface area contributed by atoms with Gasteiger partial charge in [-0.1, -0.05) is 45.1 Å². The van der Waals surface area contributed by atoms with Gasteiger partial charge in [0.05, 0.1) is 11.3 Å². The molecule has 2 N–H and O–H groups in total. The van der Waals surface area contributed by atoms with Gasteiger partial charge in [0.15, 0.2) is 0 Å². The summed E-state index contributed by atoms with van der Waals surface area (Å²) in [5.74, 6) is -1.69. The number of hydrogen-bond donors (Lipinski definition) is 2. The number of halogens is 1. The Morgan fingerprint density at radius 2 is 1.85 bits per heavy atom. The molecule has 8 heteroatoms. The van der Waals surface area contributed by atoms with Crippen molar-refractivity contribution < 1.29 is 14.0 Å². The van der Waals surface area contributed by atoms with Gasteiger partial charge in [-0.2, -0.15) is 0 Å². The van der Waals surface area contributed by atoms with Crippen LogP contribution in [0.15, 0.2) is 18.2 Å². The van der Waals surface area contributed by atoms with Crippen LogP contribution in [-0.4, -0.2) is 22.0 Å². The largest absolute Gasteiger partial charge is 0.325 e. The number of benzene rings is 1. The molecule has 140 valence electrons. The molecule has 2 amide bonds. The van der Waals surface area contributed by atoms with E-state index in [9.17, 15) is 14.0 Å². The van der Waals surface area contributed by atoms with E-state index >= 15 is 0 Å². The zero-order valence-corrected chi connectivity index (χ0v) is 16.1. The zero-order chi connectivity index (χ0) is 19.3. The van der Waals surface area contributed by atoms with E-state index < -0.39 is 11.7 Å². The first kappa shape index (κ1) is 20.0. The molecule has 1 heterocycles. The molecule has 1 aromatic heterocycles. The van der Waals surface area contributed by atoms with E-state index in [-0.39, 0.29) is 29.0 Å². The fourth-order valence-electron chi connectivity index (χ4n) is 2.38. The van der Waals surface area contributed by atoms with Crippen molar-refractivity contribution >= 4 is 34.0 Å². The van der Waals surface area contributed by atoms with Gasteiger partial charge in [-0.15, -0.1) is 10.2 Å². The van der Waals surface area contributed by atoms with Crippen LogP contribution in [0.5, 0.6) is 0 Å². The Hall–Kier alpha value is -2.35. The van der Waals surface area contributed by atoms with E-state index in [4.69, 9.17) is 0 Å². The predicted molar refractivity (Wildman–Crippen MR) is 101 cm³/mol. The first-order valence-corrected chi connectivity index (χ1v) is 9.43. The maximum absolute atomic E-state index is 14.3. The summed E-state index contributed by atoms with van der Waals surface area (Å²) in [6, 6.07) is 4.11. The first-order chi connectivity index (χ1) is 12.4.